The Hall–Kier alpha value is -3.79. The molecule has 0 bridgehead atoms. The molecule has 2 aromatic rings. The standard InChI is InChI=1S/C35H54FN5O7/c1-8-10-11-12-13-14-15-16-17-18-19-20-21-46-34(44)39-29-28-30(40-33(36)38-29)41(24-37-28)22-27(48-32(43)26(5)6)35(9-2,45-7)23-47-31(42)25(3)4/h2,24-27H,8,10-23H2,1,3-7H3,(H,38,39,40,44)/t27-,35?/m0/s1. The van der Waals surface area contributed by atoms with Gasteiger partial charge >= 0.3 is 24.1 Å². The van der Waals surface area contributed by atoms with Gasteiger partial charge in [0.25, 0.3) is 0 Å². The molecular weight excluding hydrogens is 621 g/mol. The molecule has 13 heteroatoms. The van der Waals surface area contributed by atoms with Crippen molar-refractivity contribution in [3.05, 3.63) is 12.4 Å². The van der Waals surface area contributed by atoms with Crippen LogP contribution in [0.1, 0.15) is 112 Å². The normalized spacial score (nSPS) is 13.2. The monoisotopic (exact) mass is 675 g/mol. The van der Waals surface area contributed by atoms with Crippen LogP contribution in [0, 0.1) is 30.3 Å². The number of nitrogens with one attached hydrogen (secondary N) is 1. The number of aromatic nitrogens is 4. The first-order valence-electron chi connectivity index (χ1n) is 17.2. The molecule has 0 saturated carbocycles. The summed E-state index contributed by atoms with van der Waals surface area (Å²) in [4.78, 5) is 49.3. The van der Waals surface area contributed by atoms with E-state index in [1.807, 2.05) is 0 Å². The van der Waals surface area contributed by atoms with Crippen molar-refractivity contribution in [3.8, 4) is 12.3 Å². The van der Waals surface area contributed by atoms with Crippen molar-refractivity contribution in [2.24, 2.45) is 11.8 Å². The van der Waals surface area contributed by atoms with Crippen LogP contribution in [-0.2, 0) is 35.1 Å². The number of methoxy groups -OCH3 is 1. The fraction of sp³-hybridized carbons (Fsp3) is 0.714. The Morgan fingerprint density at radius 1 is 0.917 bits per heavy atom. The lowest BCUT2D eigenvalue weighted by Gasteiger charge is -2.35. The maximum Gasteiger partial charge on any atom is 0.412 e. The van der Waals surface area contributed by atoms with E-state index in [1.54, 1.807) is 27.7 Å². The molecule has 2 heterocycles. The Balaban J connectivity index is 2.03. The number of anilines is 1. The van der Waals surface area contributed by atoms with Crippen molar-refractivity contribution < 1.29 is 37.7 Å². The Bertz CT molecular complexity index is 1340. The quantitative estimate of drug-likeness (QED) is 0.0430. The van der Waals surface area contributed by atoms with Crippen LogP contribution in [0.2, 0.25) is 0 Å². The van der Waals surface area contributed by atoms with Crippen LogP contribution < -0.4 is 5.32 Å². The summed E-state index contributed by atoms with van der Waals surface area (Å²) in [6.07, 6.45) is 18.3. The molecule has 2 rings (SSSR count). The average Bonchev–Trinajstić information content (AvgIpc) is 3.45. The van der Waals surface area contributed by atoms with Crippen molar-refractivity contribution in [1.82, 2.24) is 19.5 Å². The highest BCUT2D eigenvalue weighted by Gasteiger charge is 2.43. The number of amides is 1. The number of fused-ring (bicyclic) bond motifs is 1. The Labute approximate surface area is 284 Å². The van der Waals surface area contributed by atoms with Gasteiger partial charge in [-0.1, -0.05) is 111 Å². The summed E-state index contributed by atoms with van der Waals surface area (Å²) >= 11 is 0. The molecule has 2 atom stereocenters. The highest BCUT2D eigenvalue weighted by molar-refractivity contribution is 5.93. The molecule has 0 aliphatic carbocycles. The number of hydrogen-bond acceptors (Lipinski definition) is 10. The molecule has 1 unspecified atom stereocenters. The number of ether oxygens (including phenoxy) is 4. The summed E-state index contributed by atoms with van der Waals surface area (Å²) in [5.74, 6) is 0.219. The minimum Gasteiger partial charge on any atom is -0.461 e. The van der Waals surface area contributed by atoms with Gasteiger partial charge in [0.05, 0.1) is 31.3 Å². The topological polar surface area (TPSA) is 144 Å². The lowest BCUT2D eigenvalue weighted by Crippen LogP contribution is -2.52. The molecule has 1 amide bonds. The number of rotatable bonds is 23. The minimum atomic E-state index is -1.70. The fourth-order valence-corrected chi connectivity index (χ4v) is 4.94. The van der Waals surface area contributed by atoms with E-state index >= 15 is 0 Å². The van der Waals surface area contributed by atoms with Crippen LogP contribution in [0.3, 0.4) is 0 Å². The van der Waals surface area contributed by atoms with Gasteiger partial charge in [0.15, 0.2) is 23.1 Å². The van der Waals surface area contributed by atoms with E-state index in [0.29, 0.717) is 6.42 Å². The molecule has 1 N–H and O–H groups in total. The Morgan fingerprint density at radius 2 is 1.50 bits per heavy atom. The summed E-state index contributed by atoms with van der Waals surface area (Å²) in [6.45, 7) is 8.44. The maximum absolute atomic E-state index is 14.6. The van der Waals surface area contributed by atoms with Gasteiger partial charge in [-0.3, -0.25) is 14.9 Å². The van der Waals surface area contributed by atoms with E-state index in [9.17, 15) is 18.8 Å². The van der Waals surface area contributed by atoms with Crippen molar-refractivity contribution >= 4 is 35.0 Å². The summed E-state index contributed by atoms with van der Waals surface area (Å²) < 4.78 is 38.0. The second-order valence-corrected chi connectivity index (χ2v) is 12.6. The zero-order valence-corrected chi connectivity index (χ0v) is 29.5. The molecule has 12 nitrogen and oxygen atoms in total. The molecule has 0 aliphatic heterocycles. The zero-order valence-electron chi connectivity index (χ0n) is 29.5. The van der Waals surface area contributed by atoms with Crippen molar-refractivity contribution in [2.75, 3.05) is 25.6 Å². The second kappa shape index (κ2) is 21.2. The van der Waals surface area contributed by atoms with Crippen LogP contribution in [-0.4, -0.2) is 69.6 Å². The average molecular weight is 676 g/mol. The van der Waals surface area contributed by atoms with Crippen LogP contribution in [0.15, 0.2) is 6.33 Å². The molecule has 0 radical (unpaired) electrons. The first-order valence-corrected chi connectivity index (χ1v) is 17.2. The number of unbranched alkanes of at least 4 members (excludes halogenated alkanes) is 11. The molecule has 0 spiro atoms. The number of halogens is 1. The van der Waals surface area contributed by atoms with Gasteiger partial charge in [-0.05, 0) is 6.42 Å². The van der Waals surface area contributed by atoms with E-state index in [4.69, 9.17) is 25.4 Å². The van der Waals surface area contributed by atoms with Gasteiger partial charge in [0.2, 0.25) is 5.60 Å². The van der Waals surface area contributed by atoms with E-state index in [2.05, 4.69) is 33.1 Å². The SMILES string of the molecule is C#CC(COC(=O)C(C)C)(OC)[C@H](Cn1cnc2c(NC(=O)OCCCCCCCCCCCCCC)nc(F)nc21)OC(=O)C(C)C. The van der Waals surface area contributed by atoms with E-state index < -0.39 is 54.3 Å². The number of carbonyl (C=O) groups is 3. The van der Waals surface area contributed by atoms with Crippen LogP contribution in [0.4, 0.5) is 15.0 Å². The predicted molar refractivity (Wildman–Crippen MR) is 180 cm³/mol. The van der Waals surface area contributed by atoms with Gasteiger partial charge in [-0.15, -0.1) is 6.42 Å². The van der Waals surface area contributed by atoms with E-state index in [0.717, 1.165) is 19.3 Å². The minimum absolute atomic E-state index is 0.00875. The summed E-state index contributed by atoms with van der Waals surface area (Å²) in [7, 11) is 1.30. The van der Waals surface area contributed by atoms with Crippen molar-refractivity contribution in [3.63, 3.8) is 0 Å². The number of carbonyl (C=O) groups excluding carboxylic acids is 3. The Morgan fingerprint density at radius 3 is 2.04 bits per heavy atom. The summed E-state index contributed by atoms with van der Waals surface area (Å²) in [5.41, 5.74) is -1.64. The maximum atomic E-state index is 14.6. The second-order valence-electron chi connectivity index (χ2n) is 12.6. The molecular formula is C35H54FN5O7. The van der Waals surface area contributed by atoms with Gasteiger partial charge < -0.3 is 23.5 Å². The zero-order chi connectivity index (χ0) is 35.5. The summed E-state index contributed by atoms with van der Waals surface area (Å²) in [5, 5.41) is 2.45. The highest BCUT2D eigenvalue weighted by atomic mass is 19.1. The molecule has 268 valence electrons. The lowest BCUT2D eigenvalue weighted by molar-refractivity contribution is -0.178. The first kappa shape index (κ1) is 40.4. The van der Waals surface area contributed by atoms with E-state index in [1.165, 1.54) is 69.4 Å². The van der Waals surface area contributed by atoms with Gasteiger partial charge in [-0.2, -0.15) is 14.4 Å². The molecule has 0 aromatic carbocycles. The molecule has 0 saturated heterocycles. The number of esters is 2. The third-order valence-corrected chi connectivity index (χ3v) is 8.01. The largest absolute Gasteiger partial charge is 0.461 e. The number of imidazole rings is 1. The van der Waals surface area contributed by atoms with Crippen LogP contribution in [0.5, 0.6) is 0 Å². The first-order chi connectivity index (χ1) is 23.0. The molecule has 48 heavy (non-hydrogen) atoms. The van der Waals surface area contributed by atoms with Crippen molar-refractivity contribution in [1.29, 1.82) is 0 Å². The van der Waals surface area contributed by atoms with Crippen LogP contribution in [0.25, 0.3) is 11.2 Å². The van der Waals surface area contributed by atoms with Gasteiger partial charge in [0, 0.05) is 7.11 Å². The number of hydrogen-bond donors (Lipinski definition) is 1. The smallest absolute Gasteiger partial charge is 0.412 e. The van der Waals surface area contributed by atoms with E-state index in [-0.39, 0.29) is 30.1 Å². The molecule has 2 aromatic heterocycles. The summed E-state index contributed by atoms with van der Waals surface area (Å²) in [6, 6.07) is 0. The Kier molecular flexibility index (Phi) is 17.9. The third-order valence-electron chi connectivity index (χ3n) is 8.01. The van der Waals surface area contributed by atoms with Gasteiger partial charge in [0.1, 0.15) is 6.61 Å². The molecule has 0 aliphatic rings. The fourth-order valence-electron chi connectivity index (χ4n) is 4.94. The highest BCUT2D eigenvalue weighted by Crippen LogP contribution is 2.26. The third kappa shape index (κ3) is 13.0. The van der Waals surface area contributed by atoms with Crippen molar-refractivity contribution in [2.45, 2.75) is 130 Å². The predicted octanol–water partition coefficient (Wildman–Crippen LogP) is 7.00. The number of nitrogens with zero attached hydrogens (tertiary/aromatic N) is 4. The van der Waals surface area contributed by atoms with Crippen LogP contribution >= 0.6 is 0 Å². The van der Waals surface area contributed by atoms with Gasteiger partial charge in [-0.25, -0.2) is 9.78 Å². The number of terminal acetylenes is 1. The lowest BCUT2D eigenvalue weighted by atomic mass is 9.97. The molecule has 0 fully saturated rings.